The molecule has 0 rings (SSSR count). The molecule has 0 aliphatic rings. The van der Waals surface area contributed by atoms with Crippen molar-refractivity contribution in [3.8, 4) is 0 Å². The topological polar surface area (TPSA) is 18.5 Å². The average Bonchev–Trinajstić information content (AvgIpc) is 1.83. The Bertz CT molecular complexity index is 49.7. The molecule has 0 saturated heterocycles. The zero-order chi connectivity index (χ0) is 6.41. The van der Waals surface area contributed by atoms with E-state index in [-0.39, 0.29) is 0 Å². The van der Waals surface area contributed by atoms with Crippen LogP contribution in [0.25, 0.3) is 0 Å². The van der Waals surface area contributed by atoms with Crippen LogP contribution >= 0.6 is 15.9 Å². The fraction of sp³-hybridized carbons (Fsp3) is 0.800. The van der Waals surface area contributed by atoms with E-state index in [9.17, 15) is 0 Å². The third-order valence-electron chi connectivity index (χ3n) is 0.611. The Labute approximate surface area is 58.3 Å². The molecule has 8 heavy (non-hydrogen) atoms. The van der Waals surface area contributed by atoms with Crippen LogP contribution < -0.4 is 0 Å². The second-order valence-electron chi connectivity index (χ2n) is 1.39. The summed E-state index contributed by atoms with van der Waals surface area (Å²) in [7, 11) is 1.60. The Morgan fingerprint density at radius 2 is 2.25 bits per heavy atom. The molecule has 0 amide bonds. The lowest BCUT2D eigenvalue weighted by Crippen LogP contribution is -2.02. The number of alkyl halides is 1. The van der Waals surface area contributed by atoms with Crippen LogP contribution in [0.1, 0.15) is 6.92 Å². The fourth-order valence-corrected chi connectivity index (χ4v) is 0.360. The van der Waals surface area contributed by atoms with Gasteiger partial charge in [0.2, 0.25) is 0 Å². The third kappa shape index (κ3) is 4.56. The summed E-state index contributed by atoms with van der Waals surface area (Å²) in [6, 6.07) is 0. The highest BCUT2D eigenvalue weighted by atomic mass is 79.9. The van der Waals surface area contributed by atoms with Crippen molar-refractivity contribution in [2.24, 2.45) is 0 Å². The van der Waals surface area contributed by atoms with Gasteiger partial charge in [0, 0.05) is 12.4 Å². The number of rotatable bonds is 4. The molecule has 0 aromatic carbocycles. The molecule has 0 aliphatic heterocycles. The van der Waals surface area contributed by atoms with Gasteiger partial charge in [-0.2, -0.15) is 0 Å². The molecule has 0 atom stereocenters. The second kappa shape index (κ2) is 5.54. The molecule has 0 fully saturated rings. The van der Waals surface area contributed by atoms with Crippen LogP contribution in [0.3, 0.4) is 0 Å². The van der Waals surface area contributed by atoms with Gasteiger partial charge in [-0.05, 0) is 6.92 Å². The predicted molar refractivity (Wildman–Crippen MR) is 35.7 cm³/mol. The van der Waals surface area contributed by atoms with Crippen molar-refractivity contribution < 1.29 is 9.47 Å². The Morgan fingerprint density at radius 3 is 2.62 bits per heavy atom. The van der Waals surface area contributed by atoms with Gasteiger partial charge in [-0.1, -0.05) is 15.9 Å². The van der Waals surface area contributed by atoms with Crippen molar-refractivity contribution in [3.05, 3.63) is 6.10 Å². The van der Waals surface area contributed by atoms with E-state index in [2.05, 4.69) is 20.7 Å². The largest absolute Gasteiger partial charge is 0.359 e. The summed E-state index contributed by atoms with van der Waals surface area (Å²) in [6.45, 7) is 2.24. The normalized spacial score (nSPS) is 10.5. The zero-order valence-corrected chi connectivity index (χ0v) is 6.69. The summed E-state index contributed by atoms with van der Waals surface area (Å²) in [4.78, 5) is 0. The average molecular weight is 182 g/mol. The van der Waals surface area contributed by atoms with Crippen molar-refractivity contribution in [1.82, 2.24) is 0 Å². The minimum absolute atomic E-state index is 0.345. The van der Waals surface area contributed by atoms with Crippen LogP contribution in [-0.4, -0.2) is 19.2 Å². The van der Waals surface area contributed by atoms with E-state index in [1.54, 1.807) is 7.11 Å². The van der Waals surface area contributed by atoms with Crippen LogP contribution in [0.5, 0.6) is 0 Å². The van der Waals surface area contributed by atoms with E-state index in [0.29, 0.717) is 6.79 Å². The summed E-state index contributed by atoms with van der Waals surface area (Å²) in [5, 5.41) is 0.774. The maximum Gasteiger partial charge on any atom is 0.147 e. The van der Waals surface area contributed by atoms with Gasteiger partial charge in [0.05, 0.1) is 0 Å². The number of ether oxygens (including phenoxy) is 2. The van der Waals surface area contributed by atoms with E-state index < -0.39 is 0 Å². The van der Waals surface area contributed by atoms with Gasteiger partial charge < -0.3 is 9.47 Å². The van der Waals surface area contributed by atoms with E-state index >= 15 is 0 Å². The Kier molecular flexibility index (Phi) is 5.81. The highest BCUT2D eigenvalue weighted by molar-refractivity contribution is 9.09. The van der Waals surface area contributed by atoms with Gasteiger partial charge in [-0.3, -0.25) is 0 Å². The lowest BCUT2D eigenvalue weighted by molar-refractivity contribution is -0.0176. The standard InChI is InChI=1S/C5H10BrO2/c1-5(3-6)8-4-7-2/h3-4H2,1-2H3. The molecule has 2 nitrogen and oxygen atoms in total. The first kappa shape index (κ1) is 8.40. The van der Waals surface area contributed by atoms with E-state index in [1.807, 2.05) is 6.92 Å². The highest BCUT2D eigenvalue weighted by Crippen LogP contribution is 2.03. The Balaban J connectivity index is 2.86. The van der Waals surface area contributed by atoms with Gasteiger partial charge in [0.1, 0.15) is 12.9 Å². The van der Waals surface area contributed by atoms with E-state index in [4.69, 9.17) is 4.74 Å². The highest BCUT2D eigenvalue weighted by Gasteiger charge is 1.97. The van der Waals surface area contributed by atoms with Gasteiger partial charge in [-0.25, -0.2) is 0 Å². The SMILES string of the molecule is COCO[C](C)CBr. The van der Waals surface area contributed by atoms with E-state index in [1.165, 1.54) is 0 Å². The van der Waals surface area contributed by atoms with Crippen LogP contribution in [0.4, 0.5) is 0 Å². The molecule has 0 heterocycles. The monoisotopic (exact) mass is 181 g/mol. The van der Waals surface area contributed by atoms with E-state index in [0.717, 1.165) is 11.4 Å². The zero-order valence-electron chi connectivity index (χ0n) is 5.11. The maximum absolute atomic E-state index is 4.99. The first-order chi connectivity index (χ1) is 3.81. The summed E-state index contributed by atoms with van der Waals surface area (Å²) in [6.07, 6.45) is 0.937. The molecule has 49 valence electrons. The number of hydrogen-bond acceptors (Lipinski definition) is 2. The lowest BCUT2D eigenvalue weighted by Gasteiger charge is -2.05. The van der Waals surface area contributed by atoms with Gasteiger partial charge in [0.25, 0.3) is 0 Å². The third-order valence-corrected chi connectivity index (χ3v) is 1.40. The molecular formula is C5H10BrO2. The summed E-state index contributed by atoms with van der Waals surface area (Å²) in [5.41, 5.74) is 0. The van der Waals surface area contributed by atoms with Crippen molar-refractivity contribution in [2.75, 3.05) is 19.2 Å². The molecule has 0 N–H and O–H groups in total. The molecule has 0 spiro atoms. The number of methoxy groups -OCH3 is 1. The number of hydrogen-bond donors (Lipinski definition) is 0. The van der Waals surface area contributed by atoms with Crippen LogP contribution in [0, 0.1) is 6.10 Å². The van der Waals surface area contributed by atoms with Crippen LogP contribution in [0.2, 0.25) is 0 Å². The summed E-state index contributed by atoms with van der Waals surface area (Å²) < 4.78 is 9.64. The van der Waals surface area contributed by atoms with Gasteiger partial charge in [-0.15, -0.1) is 0 Å². The van der Waals surface area contributed by atoms with Gasteiger partial charge >= 0.3 is 0 Å². The molecule has 0 saturated carbocycles. The Hall–Kier alpha value is 0.400. The molecule has 0 aromatic rings. The minimum atomic E-state index is 0.345. The molecule has 0 aliphatic carbocycles. The molecular weight excluding hydrogens is 172 g/mol. The molecule has 0 aromatic heterocycles. The number of halogens is 1. The van der Waals surface area contributed by atoms with Crippen molar-refractivity contribution in [1.29, 1.82) is 0 Å². The first-order valence-corrected chi connectivity index (χ1v) is 3.43. The molecule has 0 bridgehead atoms. The van der Waals surface area contributed by atoms with Crippen molar-refractivity contribution >= 4 is 15.9 Å². The second-order valence-corrected chi connectivity index (χ2v) is 1.95. The lowest BCUT2D eigenvalue weighted by atomic mass is 10.5. The fourth-order valence-electron chi connectivity index (χ4n) is 0.198. The first-order valence-electron chi connectivity index (χ1n) is 2.31. The van der Waals surface area contributed by atoms with Gasteiger partial charge in [0.15, 0.2) is 0 Å². The van der Waals surface area contributed by atoms with Crippen molar-refractivity contribution in [3.63, 3.8) is 0 Å². The van der Waals surface area contributed by atoms with Crippen molar-refractivity contribution in [2.45, 2.75) is 6.92 Å². The summed E-state index contributed by atoms with van der Waals surface area (Å²) >= 11 is 3.23. The maximum atomic E-state index is 4.99. The molecule has 0 unspecified atom stereocenters. The predicted octanol–water partition coefficient (Wildman–Crippen LogP) is 1.55. The molecule has 1 radical (unpaired) electrons. The smallest absolute Gasteiger partial charge is 0.147 e. The molecule has 3 heteroatoms. The quantitative estimate of drug-likeness (QED) is 0.485. The summed E-state index contributed by atoms with van der Waals surface area (Å²) in [5.74, 6) is 0. The minimum Gasteiger partial charge on any atom is -0.359 e. The van der Waals surface area contributed by atoms with Crippen LogP contribution in [-0.2, 0) is 9.47 Å². The Morgan fingerprint density at radius 1 is 1.62 bits per heavy atom. The van der Waals surface area contributed by atoms with Crippen LogP contribution in [0.15, 0.2) is 0 Å².